The summed E-state index contributed by atoms with van der Waals surface area (Å²) in [5.41, 5.74) is 6.62. The summed E-state index contributed by atoms with van der Waals surface area (Å²) in [6.45, 7) is 1.09. The lowest BCUT2D eigenvalue weighted by atomic mass is 10.2. The van der Waals surface area contributed by atoms with Gasteiger partial charge in [-0.05, 0) is 30.3 Å². The van der Waals surface area contributed by atoms with Gasteiger partial charge in [-0.25, -0.2) is 0 Å². The van der Waals surface area contributed by atoms with Crippen LogP contribution in [-0.4, -0.2) is 40.1 Å². The fourth-order valence-electron chi connectivity index (χ4n) is 2.44. The molecule has 0 aromatic heterocycles. The quantitative estimate of drug-likeness (QED) is 0.312. The van der Waals surface area contributed by atoms with Crippen LogP contribution in [0.25, 0.3) is 0 Å². The lowest BCUT2D eigenvalue weighted by Gasteiger charge is -2.09. The van der Waals surface area contributed by atoms with Crippen molar-refractivity contribution in [1.29, 1.82) is 0 Å². The second kappa shape index (κ2) is 8.88. The van der Waals surface area contributed by atoms with Crippen LogP contribution in [-0.2, 0) is 4.84 Å². The van der Waals surface area contributed by atoms with Crippen LogP contribution >= 0.6 is 0 Å². The van der Waals surface area contributed by atoms with Gasteiger partial charge in [0.15, 0.2) is 28.8 Å². The Hall–Kier alpha value is -3.29. The first-order valence-corrected chi connectivity index (χ1v) is 8.41. The van der Waals surface area contributed by atoms with Crippen molar-refractivity contribution < 1.29 is 28.5 Å². The van der Waals surface area contributed by atoms with E-state index in [-0.39, 0.29) is 12.6 Å². The molecule has 0 saturated heterocycles. The minimum atomic E-state index is 0.242. The summed E-state index contributed by atoms with van der Waals surface area (Å²) < 4.78 is 26.7. The van der Waals surface area contributed by atoms with E-state index in [0.29, 0.717) is 48.2 Å². The number of fused-ring (bicyclic) bond motifs is 1. The van der Waals surface area contributed by atoms with Gasteiger partial charge in [0.05, 0.1) is 20.8 Å². The summed E-state index contributed by atoms with van der Waals surface area (Å²) in [6, 6.07) is 10.7. The lowest BCUT2D eigenvalue weighted by Crippen LogP contribution is -2.14. The second-order valence-corrected chi connectivity index (χ2v) is 5.60. The van der Waals surface area contributed by atoms with E-state index in [9.17, 15) is 0 Å². The fourth-order valence-corrected chi connectivity index (χ4v) is 2.44. The maximum absolute atomic E-state index is 5.94. The van der Waals surface area contributed by atoms with E-state index in [0.717, 1.165) is 5.75 Å². The lowest BCUT2D eigenvalue weighted by molar-refractivity contribution is 0.127. The van der Waals surface area contributed by atoms with Crippen LogP contribution in [0.2, 0.25) is 0 Å². The highest BCUT2D eigenvalue weighted by Crippen LogP contribution is 2.35. The molecule has 0 radical (unpaired) electrons. The molecular weight excluding hydrogens is 352 g/mol. The molecule has 0 bridgehead atoms. The van der Waals surface area contributed by atoms with E-state index in [4.69, 9.17) is 34.3 Å². The monoisotopic (exact) mass is 374 g/mol. The van der Waals surface area contributed by atoms with Gasteiger partial charge in [-0.15, -0.1) is 0 Å². The number of nitrogens with zero attached hydrogens (tertiary/aromatic N) is 1. The molecule has 1 aliphatic rings. The van der Waals surface area contributed by atoms with Gasteiger partial charge < -0.3 is 34.3 Å². The van der Waals surface area contributed by atoms with Gasteiger partial charge in [-0.2, -0.15) is 0 Å². The van der Waals surface area contributed by atoms with Gasteiger partial charge in [0.1, 0.15) is 12.4 Å². The van der Waals surface area contributed by atoms with Crippen LogP contribution in [0.5, 0.6) is 28.7 Å². The Bertz CT molecular complexity index is 809. The molecule has 0 amide bonds. The molecule has 8 nitrogen and oxygen atoms in total. The first kappa shape index (κ1) is 18.5. The van der Waals surface area contributed by atoms with Crippen LogP contribution < -0.4 is 29.4 Å². The Kier molecular flexibility index (Phi) is 6.09. The highest BCUT2D eigenvalue weighted by atomic mass is 16.7. The number of ether oxygens (including phenoxy) is 5. The zero-order valence-corrected chi connectivity index (χ0v) is 15.3. The van der Waals surface area contributed by atoms with Crippen molar-refractivity contribution in [2.24, 2.45) is 10.9 Å². The normalized spacial score (nSPS) is 12.6. The minimum Gasteiger partial charge on any atom is -0.493 e. The van der Waals surface area contributed by atoms with E-state index in [1.165, 1.54) is 0 Å². The molecule has 0 unspecified atom stereocenters. The summed E-state index contributed by atoms with van der Waals surface area (Å²) >= 11 is 0. The molecule has 0 spiro atoms. The molecule has 27 heavy (non-hydrogen) atoms. The standard InChI is InChI=1S/C19H22N2O6/c1-22-15-6-4-13(10-17(15)23-2)19(20)21-27-9-3-8-24-14-5-7-16-18(11-14)26-12-25-16/h4-7,10-11H,3,8-9,12H2,1-2H3,(H2,20,21). The Morgan fingerprint density at radius 2 is 1.81 bits per heavy atom. The fraction of sp³-hybridized carbons (Fsp3) is 0.316. The Labute approximate surface area is 157 Å². The number of hydrogen-bond acceptors (Lipinski definition) is 7. The highest BCUT2D eigenvalue weighted by Gasteiger charge is 2.13. The average Bonchev–Trinajstić information content (AvgIpc) is 3.17. The molecular formula is C19H22N2O6. The van der Waals surface area contributed by atoms with Gasteiger partial charge in [0.2, 0.25) is 6.79 Å². The Morgan fingerprint density at radius 3 is 2.63 bits per heavy atom. The molecule has 0 saturated carbocycles. The van der Waals surface area contributed by atoms with Crippen LogP contribution in [0.15, 0.2) is 41.6 Å². The predicted molar refractivity (Wildman–Crippen MR) is 98.9 cm³/mol. The topological polar surface area (TPSA) is 93.8 Å². The summed E-state index contributed by atoms with van der Waals surface area (Å²) in [5, 5.41) is 3.92. The van der Waals surface area contributed by atoms with Crippen molar-refractivity contribution in [3.8, 4) is 28.7 Å². The van der Waals surface area contributed by atoms with E-state index >= 15 is 0 Å². The molecule has 2 aromatic carbocycles. The number of oxime groups is 1. The van der Waals surface area contributed by atoms with Crippen LogP contribution in [0.1, 0.15) is 12.0 Å². The third-order valence-electron chi connectivity index (χ3n) is 3.83. The Morgan fingerprint density at radius 1 is 1.00 bits per heavy atom. The van der Waals surface area contributed by atoms with E-state index < -0.39 is 0 Å². The average molecular weight is 374 g/mol. The van der Waals surface area contributed by atoms with Crippen molar-refractivity contribution in [3.63, 3.8) is 0 Å². The zero-order chi connectivity index (χ0) is 19.1. The third-order valence-corrected chi connectivity index (χ3v) is 3.83. The summed E-state index contributed by atoms with van der Waals surface area (Å²) in [6.07, 6.45) is 0.650. The van der Waals surface area contributed by atoms with Crippen LogP contribution in [0.3, 0.4) is 0 Å². The van der Waals surface area contributed by atoms with Crippen molar-refractivity contribution in [2.45, 2.75) is 6.42 Å². The SMILES string of the molecule is COc1ccc(/C(N)=N/OCCCOc2ccc3c(c2)OCO3)cc1OC. The van der Waals surface area contributed by atoms with Crippen molar-refractivity contribution in [1.82, 2.24) is 0 Å². The number of rotatable bonds is 9. The third kappa shape index (κ3) is 4.66. The molecule has 0 atom stereocenters. The molecule has 1 aliphatic heterocycles. The number of benzene rings is 2. The molecule has 2 aromatic rings. The van der Waals surface area contributed by atoms with Crippen molar-refractivity contribution >= 4 is 5.84 Å². The maximum atomic E-state index is 5.94. The molecule has 8 heteroatoms. The van der Waals surface area contributed by atoms with E-state index in [1.807, 2.05) is 12.1 Å². The van der Waals surface area contributed by atoms with Gasteiger partial charge in [0, 0.05) is 18.1 Å². The molecule has 0 aliphatic carbocycles. The first-order chi connectivity index (χ1) is 13.2. The zero-order valence-electron chi connectivity index (χ0n) is 15.3. The number of methoxy groups -OCH3 is 2. The Balaban J connectivity index is 1.42. The van der Waals surface area contributed by atoms with E-state index in [2.05, 4.69) is 5.16 Å². The van der Waals surface area contributed by atoms with Crippen molar-refractivity contribution in [2.75, 3.05) is 34.2 Å². The minimum absolute atomic E-state index is 0.242. The predicted octanol–water partition coefficient (Wildman–Crippen LogP) is 2.54. The van der Waals surface area contributed by atoms with Gasteiger partial charge in [0.25, 0.3) is 0 Å². The first-order valence-electron chi connectivity index (χ1n) is 8.41. The van der Waals surface area contributed by atoms with E-state index in [1.54, 1.807) is 38.5 Å². The van der Waals surface area contributed by atoms with Crippen LogP contribution in [0, 0.1) is 0 Å². The smallest absolute Gasteiger partial charge is 0.231 e. The molecule has 3 rings (SSSR count). The van der Waals surface area contributed by atoms with Crippen molar-refractivity contribution in [3.05, 3.63) is 42.0 Å². The second-order valence-electron chi connectivity index (χ2n) is 5.60. The summed E-state index contributed by atoms with van der Waals surface area (Å²) in [4.78, 5) is 5.26. The molecule has 0 fully saturated rings. The largest absolute Gasteiger partial charge is 0.493 e. The summed E-state index contributed by atoms with van der Waals surface area (Å²) in [7, 11) is 3.13. The number of nitrogens with two attached hydrogens (primary N) is 1. The van der Waals surface area contributed by atoms with Gasteiger partial charge >= 0.3 is 0 Å². The highest BCUT2D eigenvalue weighted by molar-refractivity contribution is 5.97. The molecule has 2 N–H and O–H groups in total. The van der Waals surface area contributed by atoms with Gasteiger partial charge in [-0.1, -0.05) is 5.16 Å². The summed E-state index contributed by atoms with van der Waals surface area (Å²) in [5.74, 6) is 3.59. The molecule has 144 valence electrons. The molecule has 1 heterocycles. The maximum Gasteiger partial charge on any atom is 0.231 e. The number of hydrogen-bond donors (Lipinski definition) is 1. The van der Waals surface area contributed by atoms with Gasteiger partial charge in [-0.3, -0.25) is 0 Å². The van der Waals surface area contributed by atoms with Crippen LogP contribution in [0.4, 0.5) is 0 Å². The number of amidine groups is 1.